The van der Waals surface area contributed by atoms with Crippen molar-refractivity contribution in [1.29, 1.82) is 0 Å². The highest BCUT2D eigenvalue weighted by atomic mass is 35.5. The van der Waals surface area contributed by atoms with Crippen molar-refractivity contribution in [3.05, 3.63) is 29.0 Å². The molecule has 1 aliphatic heterocycles. The van der Waals surface area contributed by atoms with Crippen LogP contribution in [0.4, 0.5) is 10.3 Å². The van der Waals surface area contributed by atoms with Crippen LogP contribution in [0.2, 0.25) is 5.02 Å². The minimum Gasteiger partial charge on any atom is -0.502 e. The Bertz CT molecular complexity index is 735. The van der Waals surface area contributed by atoms with E-state index in [1.165, 1.54) is 18.2 Å². The minimum absolute atomic E-state index is 0.134. The first-order chi connectivity index (χ1) is 10.3. The van der Waals surface area contributed by atoms with Crippen molar-refractivity contribution in [3.63, 3.8) is 0 Å². The molecule has 6 nitrogen and oxygen atoms in total. The molecule has 0 spiro atoms. The van der Waals surface area contributed by atoms with Crippen LogP contribution in [-0.4, -0.2) is 31.6 Å². The Morgan fingerprint density at radius 1 is 1.23 bits per heavy atom. The van der Waals surface area contributed by atoms with Crippen LogP contribution in [0.3, 0.4) is 0 Å². The average Bonchev–Trinajstić information content (AvgIpc) is 2.95. The summed E-state index contributed by atoms with van der Waals surface area (Å²) in [6.07, 6.45) is 0.490. The first-order valence-corrected chi connectivity index (χ1v) is 8.40. The lowest BCUT2D eigenvalue weighted by Gasteiger charge is -2.35. The molecular formula is C13H13ClFNO5S. The maximum atomic E-state index is 14.0. The predicted molar refractivity (Wildman–Crippen MR) is 82.1 cm³/mol. The van der Waals surface area contributed by atoms with Gasteiger partial charge in [-0.3, -0.25) is 9.11 Å². The molecule has 120 valence electrons. The normalized spacial score (nSPS) is 18.6. The number of rotatable bonds is 2. The molecule has 3 rings (SSSR count). The lowest BCUT2D eigenvalue weighted by molar-refractivity contribution is 0.408. The van der Waals surface area contributed by atoms with E-state index in [2.05, 4.69) is 0 Å². The van der Waals surface area contributed by atoms with Crippen LogP contribution in [0.25, 0.3) is 11.3 Å². The minimum atomic E-state index is -3.12. The number of furan rings is 1. The molecule has 0 radical (unpaired) electrons. The quantitative estimate of drug-likeness (QED) is 0.653. The number of hydrogen-bond donors (Lipinski definition) is 4. The zero-order valence-corrected chi connectivity index (χ0v) is 12.7. The second-order valence-corrected chi connectivity index (χ2v) is 7.35. The molecule has 0 aliphatic carbocycles. The van der Waals surface area contributed by atoms with Crippen molar-refractivity contribution in [3.8, 4) is 22.8 Å². The zero-order valence-electron chi connectivity index (χ0n) is 11.2. The van der Waals surface area contributed by atoms with Crippen LogP contribution in [0.5, 0.6) is 11.5 Å². The Hall–Kier alpha value is -1.61. The molecule has 22 heavy (non-hydrogen) atoms. The predicted octanol–water partition coefficient (Wildman–Crippen LogP) is 4.03. The molecule has 0 unspecified atom stereocenters. The van der Waals surface area contributed by atoms with Gasteiger partial charge in [-0.1, -0.05) is 17.7 Å². The van der Waals surface area contributed by atoms with Crippen molar-refractivity contribution in [1.82, 2.24) is 0 Å². The highest BCUT2D eigenvalue weighted by molar-refractivity contribution is 8.25. The van der Waals surface area contributed by atoms with Crippen LogP contribution < -0.4 is 4.31 Å². The number of hydrogen-bond acceptors (Lipinski definition) is 6. The van der Waals surface area contributed by atoms with Gasteiger partial charge in [0.1, 0.15) is 0 Å². The van der Waals surface area contributed by atoms with Crippen LogP contribution in [0, 0.1) is 5.82 Å². The lowest BCUT2D eigenvalue weighted by Crippen LogP contribution is -2.21. The molecule has 1 saturated heterocycles. The second-order valence-electron chi connectivity index (χ2n) is 4.83. The van der Waals surface area contributed by atoms with Crippen molar-refractivity contribution in [2.75, 3.05) is 16.6 Å². The maximum Gasteiger partial charge on any atom is 0.261 e. The molecule has 0 atom stereocenters. The maximum absolute atomic E-state index is 14.0. The molecule has 0 bridgehead atoms. The number of aromatic hydroxyl groups is 2. The topological polar surface area (TPSA) is 97.3 Å². The highest BCUT2D eigenvalue weighted by Crippen LogP contribution is 2.57. The number of anilines is 1. The molecule has 4 N–H and O–H groups in total. The largest absolute Gasteiger partial charge is 0.502 e. The van der Waals surface area contributed by atoms with Gasteiger partial charge in [0.15, 0.2) is 11.6 Å². The van der Waals surface area contributed by atoms with Crippen LogP contribution >= 0.6 is 22.4 Å². The molecule has 2 heterocycles. The summed E-state index contributed by atoms with van der Waals surface area (Å²) in [7, 11) is -3.12. The van der Waals surface area contributed by atoms with Gasteiger partial charge >= 0.3 is 0 Å². The lowest BCUT2D eigenvalue weighted by atomic mass is 10.1. The summed E-state index contributed by atoms with van der Waals surface area (Å²) in [4.78, 5) is 0. The SMILES string of the molecule is Oc1c(-c2cccc(Cl)c2F)oc(N2CCCS2(O)O)c1O. The smallest absolute Gasteiger partial charge is 0.261 e. The van der Waals surface area contributed by atoms with Crippen molar-refractivity contribution >= 4 is 28.3 Å². The van der Waals surface area contributed by atoms with E-state index in [-0.39, 0.29) is 34.5 Å². The summed E-state index contributed by atoms with van der Waals surface area (Å²) >= 11 is 5.69. The van der Waals surface area contributed by atoms with E-state index >= 15 is 0 Å². The van der Waals surface area contributed by atoms with Gasteiger partial charge in [-0.2, -0.15) is 0 Å². The van der Waals surface area contributed by atoms with E-state index in [1.807, 2.05) is 0 Å². The van der Waals surface area contributed by atoms with Gasteiger partial charge < -0.3 is 14.6 Å². The summed E-state index contributed by atoms with van der Waals surface area (Å²) in [5, 5.41) is 19.8. The molecule has 1 aromatic carbocycles. The van der Waals surface area contributed by atoms with Crippen molar-refractivity contribution in [2.45, 2.75) is 6.42 Å². The first kappa shape index (κ1) is 15.3. The monoisotopic (exact) mass is 349 g/mol. The standard InChI is InChI=1S/C13H13ClFNO5S/c14-8-4-1-3-7(9(8)15)12-10(17)11(18)13(21-12)16-5-2-6-22(16,19)20/h1,3-4,17-20H,2,5-6H2. The Morgan fingerprint density at radius 3 is 2.59 bits per heavy atom. The van der Waals surface area contributed by atoms with Gasteiger partial charge in [-0.25, -0.2) is 8.70 Å². The molecule has 1 aliphatic rings. The molecule has 9 heteroatoms. The van der Waals surface area contributed by atoms with E-state index < -0.39 is 28.1 Å². The molecule has 0 saturated carbocycles. The van der Waals surface area contributed by atoms with Gasteiger partial charge in [0, 0.05) is 6.54 Å². The highest BCUT2D eigenvalue weighted by Gasteiger charge is 2.36. The van der Waals surface area contributed by atoms with Crippen molar-refractivity contribution in [2.24, 2.45) is 0 Å². The molecule has 1 fully saturated rings. The fourth-order valence-corrected chi connectivity index (χ4v) is 4.05. The van der Waals surface area contributed by atoms with E-state index in [1.54, 1.807) is 0 Å². The van der Waals surface area contributed by atoms with Crippen LogP contribution in [0.15, 0.2) is 22.6 Å². The van der Waals surface area contributed by atoms with Crippen LogP contribution in [0.1, 0.15) is 6.42 Å². The third-order valence-electron chi connectivity index (χ3n) is 3.40. The molecule has 2 aromatic rings. The van der Waals surface area contributed by atoms with E-state index in [0.29, 0.717) is 6.42 Å². The Morgan fingerprint density at radius 2 is 1.95 bits per heavy atom. The number of nitrogens with zero attached hydrogens (tertiary/aromatic N) is 1. The van der Waals surface area contributed by atoms with E-state index in [4.69, 9.17) is 16.0 Å². The molecular weight excluding hydrogens is 337 g/mol. The average molecular weight is 350 g/mol. The summed E-state index contributed by atoms with van der Waals surface area (Å²) in [5.41, 5.74) is -0.137. The van der Waals surface area contributed by atoms with E-state index in [0.717, 1.165) is 4.31 Å². The third-order valence-corrected chi connectivity index (χ3v) is 5.58. The Labute approximate surface area is 131 Å². The van der Waals surface area contributed by atoms with E-state index in [9.17, 15) is 23.7 Å². The Balaban J connectivity index is 2.12. The fourth-order valence-electron chi connectivity index (χ4n) is 2.33. The van der Waals surface area contributed by atoms with Crippen molar-refractivity contribution < 1.29 is 28.1 Å². The molecule has 1 aromatic heterocycles. The van der Waals surface area contributed by atoms with Gasteiger partial charge in [-0.05, 0) is 18.6 Å². The summed E-state index contributed by atoms with van der Waals surface area (Å²) in [6, 6.07) is 4.12. The third kappa shape index (κ3) is 2.28. The summed E-state index contributed by atoms with van der Waals surface area (Å²) < 4.78 is 40.3. The first-order valence-electron chi connectivity index (χ1n) is 6.35. The van der Waals surface area contributed by atoms with Crippen LogP contribution in [-0.2, 0) is 0 Å². The zero-order chi connectivity index (χ0) is 16.1. The number of halogens is 2. The number of benzene rings is 1. The molecule has 0 amide bonds. The summed E-state index contributed by atoms with van der Waals surface area (Å²) in [5.74, 6) is -2.66. The fraction of sp³-hybridized carbons (Fsp3) is 0.231. The second kappa shape index (κ2) is 5.24. The summed E-state index contributed by atoms with van der Waals surface area (Å²) in [6.45, 7) is 0.236. The van der Waals surface area contributed by atoms with Gasteiger partial charge in [0.25, 0.3) is 5.88 Å². The van der Waals surface area contributed by atoms with Gasteiger partial charge in [0.05, 0.1) is 16.3 Å². The Kier molecular flexibility index (Phi) is 3.64. The van der Waals surface area contributed by atoms with Gasteiger partial charge in [0.2, 0.25) is 11.5 Å². The van der Waals surface area contributed by atoms with Gasteiger partial charge in [-0.15, -0.1) is 10.8 Å².